The Morgan fingerprint density at radius 1 is 1.29 bits per heavy atom. The molecule has 2 N–H and O–H groups in total. The lowest BCUT2D eigenvalue weighted by molar-refractivity contribution is -0.0276. The van der Waals surface area contributed by atoms with Crippen molar-refractivity contribution in [2.45, 2.75) is 32.4 Å². The lowest BCUT2D eigenvalue weighted by Crippen LogP contribution is -2.48. The summed E-state index contributed by atoms with van der Waals surface area (Å²) >= 11 is 0. The number of rotatable bonds is 2. The highest BCUT2D eigenvalue weighted by Crippen LogP contribution is 2.24. The number of anilines is 1. The average Bonchev–Trinajstić information content (AvgIpc) is 2.28. The van der Waals surface area contributed by atoms with Crippen LogP contribution in [0.2, 0.25) is 0 Å². The first-order valence-electron chi connectivity index (χ1n) is 6.22. The second-order valence-corrected chi connectivity index (χ2v) is 5.41. The molecule has 2 rings (SSSR count). The molecular weight excluding hydrogens is 212 g/mol. The summed E-state index contributed by atoms with van der Waals surface area (Å²) in [7, 11) is 0. The summed E-state index contributed by atoms with van der Waals surface area (Å²) < 4.78 is 5.72. The average molecular weight is 234 g/mol. The maximum atomic E-state index is 5.85. The van der Waals surface area contributed by atoms with Crippen LogP contribution in [0.15, 0.2) is 24.3 Å². The molecule has 0 amide bonds. The summed E-state index contributed by atoms with van der Waals surface area (Å²) in [6, 6.07) is 8.63. The number of nitrogens with two attached hydrogens (primary N) is 1. The van der Waals surface area contributed by atoms with Gasteiger partial charge in [-0.3, -0.25) is 0 Å². The molecule has 17 heavy (non-hydrogen) atoms. The molecule has 3 heteroatoms. The number of hydrogen-bond donors (Lipinski definition) is 1. The third-order valence-electron chi connectivity index (χ3n) is 3.21. The largest absolute Gasteiger partial charge is 0.372 e. The van der Waals surface area contributed by atoms with Gasteiger partial charge in [0.2, 0.25) is 0 Å². The summed E-state index contributed by atoms with van der Waals surface area (Å²) in [6.45, 7) is 8.96. The Morgan fingerprint density at radius 2 is 1.94 bits per heavy atom. The highest BCUT2D eigenvalue weighted by molar-refractivity contribution is 5.48. The van der Waals surface area contributed by atoms with Gasteiger partial charge >= 0.3 is 0 Å². The van der Waals surface area contributed by atoms with Gasteiger partial charge in [-0.15, -0.1) is 0 Å². The van der Waals surface area contributed by atoms with E-state index in [0.29, 0.717) is 0 Å². The number of nitrogens with zero attached hydrogens (tertiary/aromatic N) is 1. The zero-order chi connectivity index (χ0) is 12.5. The monoisotopic (exact) mass is 234 g/mol. The van der Waals surface area contributed by atoms with Crippen molar-refractivity contribution in [2.75, 3.05) is 24.6 Å². The van der Waals surface area contributed by atoms with Gasteiger partial charge in [0.25, 0.3) is 0 Å². The van der Waals surface area contributed by atoms with E-state index in [2.05, 4.69) is 43.0 Å². The Labute approximate surface area is 104 Å². The van der Waals surface area contributed by atoms with Crippen LogP contribution in [0.1, 0.15) is 32.4 Å². The van der Waals surface area contributed by atoms with E-state index in [1.165, 1.54) is 11.3 Å². The molecule has 1 aromatic carbocycles. The third kappa shape index (κ3) is 2.99. The lowest BCUT2D eigenvalue weighted by atomic mass is 10.1. The van der Waals surface area contributed by atoms with Gasteiger partial charge in [-0.05, 0) is 38.5 Å². The summed E-state index contributed by atoms with van der Waals surface area (Å²) in [6.07, 6.45) is 0. The molecule has 1 aliphatic rings. The van der Waals surface area contributed by atoms with Crippen LogP contribution in [0, 0.1) is 0 Å². The Balaban J connectivity index is 2.12. The second kappa shape index (κ2) is 4.67. The van der Waals surface area contributed by atoms with Gasteiger partial charge in [0.1, 0.15) is 0 Å². The van der Waals surface area contributed by atoms with Crippen molar-refractivity contribution >= 4 is 5.69 Å². The molecule has 0 aromatic heterocycles. The molecule has 1 heterocycles. The van der Waals surface area contributed by atoms with Crippen molar-refractivity contribution in [3.8, 4) is 0 Å². The van der Waals surface area contributed by atoms with Crippen LogP contribution in [-0.2, 0) is 4.74 Å². The first-order valence-corrected chi connectivity index (χ1v) is 6.22. The van der Waals surface area contributed by atoms with Gasteiger partial charge in [-0.1, -0.05) is 12.1 Å². The standard InChI is InChI=1S/C14H22N2O/c1-11(15)12-4-6-13(7-5-12)16-8-9-17-14(2,3)10-16/h4-7,11H,8-10,15H2,1-3H3/t11-/m1/s1. The van der Waals surface area contributed by atoms with Crippen molar-refractivity contribution in [1.29, 1.82) is 0 Å². The molecule has 0 saturated carbocycles. The summed E-state index contributed by atoms with van der Waals surface area (Å²) in [5.74, 6) is 0. The smallest absolute Gasteiger partial charge is 0.0801 e. The van der Waals surface area contributed by atoms with Gasteiger partial charge in [-0.2, -0.15) is 0 Å². The Hall–Kier alpha value is -1.06. The molecule has 3 nitrogen and oxygen atoms in total. The third-order valence-corrected chi connectivity index (χ3v) is 3.21. The van der Waals surface area contributed by atoms with Gasteiger partial charge in [-0.25, -0.2) is 0 Å². The highest BCUT2D eigenvalue weighted by Gasteiger charge is 2.27. The molecule has 1 aromatic rings. The van der Waals surface area contributed by atoms with E-state index in [1.807, 2.05) is 6.92 Å². The fourth-order valence-electron chi connectivity index (χ4n) is 2.23. The van der Waals surface area contributed by atoms with Crippen LogP contribution in [-0.4, -0.2) is 25.3 Å². The van der Waals surface area contributed by atoms with Gasteiger partial charge in [0, 0.05) is 24.8 Å². The maximum absolute atomic E-state index is 5.85. The Kier molecular flexibility index (Phi) is 3.40. The maximum Gasteiger partial charge on any atom is 0.0801 e. The minimum Gasteiger partial charge on any atom is -0.372 e. The van der Waals surface area contributed by atoms with Crippen molar-refractivity contribution in [3.05, 3.63) is 29.8 Å². The molecule has 0 radical (unpaired) electrons. The minimum atomic E-state index is -0.0575. The predicted molar refractivity (Wildman–Crippen MR) is 71.3 cm³/mol. The van der Waals surface area contributed by atoms with E-state index >= 15 is 0 Å². The highest BCUT2D eigenvalue weighted by atomic mass is 16.5. The fourth-order valence-corrected chi connectivity index (χ4v) is 2.23. The van der Waals surface area contributed by atoms with Crippen LogP contribution in [0.5, 0.6) is 0 Å². The summed E-state index contributed by atoms with van der Waals surface area (Å²) in [4.78, 5) is 2.37. The van der Waals surface area contributed by atoms with Crippen LogP contribution in [0.25, 0.3) is 0 Å². The molecule has 0 unspecified atom stereocenters. The van der Waals surface area contributed by atoms with Crippen molar-refractivity contribution < 1.29 is 4.74 Å². The first kappa shape index (κ1) is 12.4. The van der Waals surface area contributed by atoms with E-state index in [9.17, 15) is 0 Å². The predicted octanol–water partition coefficient (Wildman–Crippen LogP) is 2.32. The SMILES string of the molecule is C[C@@H](N)c1ccc(N2CCOC(C)(C)C2)cc1. The molecule has 1 aliphatic heterocycles. The van der Waals surface area contributed by atoms with E-state index in [4.69, 9.17) is 10.5 Å². The zero-order valence-corrected chi connectivity index (χ0v) is 10.9. The van der Waals surface area contributed by atoms with Crippen molar-refractivity contribution in [3.63, 3.8) is 0 Å². The molecule has 0 aliphatic carbocycles. The van der Waals surface area contributed by atoms with E-state index in [1.54, 1.807) is 0 Å². The molecular formula is C14H22N2O. The second-order valence-electron chi connectivity index (χ2n) is 5.41. The topological polar surface area (TPSA) is 38.5 Å². The molecule has 0 bridgehead atoms. The van der Waals surface area contributed by atoms with E-state index in [-0.39, 0.29) is 11.6 Å². The van der Waals surface area contributed by atoms with Crippen molar-refractivity contribution in [1.82, 2.24) is 0 Å². The van der Waals surface area contributed by atoms with Gasteiger partial charge in [0.15, 0.2) is 0 Å². The molecule has 1 saturated heterocycles. The molecule has 1 fully saturated rings. The fraction of sp³-hybridized carbons (Fsp3) is 0.571. The minimum absolute atomic E-state index is 0.0575. The summed E-state index contributed by atoms with van der Waals surface area (Å²) in [5.41, 5.74) is 8.23. The molecule has 1 atom stereocenters. The lowest BCUT2D eigenvalue weighted by Gasteiger charge is -2.39. The quantitative estimate of drug-likeness (QED) is 0.853. The normalized spacial score (nSPS) is 21.3. The van der Waals surface area contributed by atoms with Crippen LogP contribution in [0.3, 0.4) is 0 Å². The van der Waals surface area contributed by atoms with Crippen LogP contribution >= 0.6 is 0 Å². The molecule has 94 valence electrons. The number of morpholine rings is 1. The van der Waals surface area contributed by atoms with Crippen molar-refractivity contribution in [2.24, 2.45) is 5.73 Å². The zero-order valence-electron chi connectivity index (χ0n) is 10.9. The number of hydrogen-bond acceptors (Lipinski definition) is 3. The van der Waals surface area contributed by atoms with Gasteiger partial charge in [0.05, 0.1) is 12.2 Å². The molecule has 0 spiro atoms. The van der Waals surface area contributed by atoms with E-state index in [0.717, 1.165) is 19.7 Å². The summed E-state index contributed by atoms with van der Waals surface area (Å²) in [5, 5.41) is 0. The first-order chi connectivity index (χ1) is 7.98. The Bertz CT molecular complexity index is 370. The van der Waals surface area contributed by atoms with Crippen LogP contribution in [0.4, 0.5) is 5.69 Å². The Morgan fingerprint density at radius 3 is 2.47 bits per heavy atom. The van der Waals surface area contributed by atoms with Gasteiger partial charge < -0.3 is 15.4 Å². The number of ether oxygens (including phenoxy) is 1. The van der Waals surface area contributed by atoms with E-state index < -0.39 is 0 Å². The number of benzene rings is 1. The van der Waals surface area contributed by atoms with Crippen LogP contribution < -0.4 is 10.6 Å².